The third-order valence-corrected chi connectivity index (χ3v) is 3.00. The summed E-state index contributed by atoms with van der Waals surface area (Å²) in [5, 5.41) is 0. The van der Waals surface area contributed by atoms with Crippen molar-refractivity contribution in [1.82, 2.24) is 0 Å². The lowest BCUT2D eigenvalue weighted by Crippen LogP contribution is -1.85. The lowest BCUT2D eigenvalue weighted by atomic mass is 10.2. The molecule has 0 aromatic heterocycles. The lowest BCUT2D eigenvalue weighted by Gasteiger charge is -2.07. The molecule has 0 N–H and O–H groups in total. The van der Waals surface area contributed by atoms with Crippen LogP contribution < -0.4 is 0 Å². The Morgan fingerprint density at radius 1 is 1.27 bits per heavy atom. The van der Waals surface area contributed by atoms with Gasteiger partial charge in [-0.05, 0) is 30.0 Å². The van der Waals surface area contributed by atoms with Gasteiger partial charge in [-0.25, -0.2) is 4.39 Å². The van der Waals surface area contributed by atoms with Crippen LogP contribution in [0.4, 0.5) is 4.39 Å². The molecule has 0 bridgehead atoms. The predicted octanol–water partition coefficient (Wildman–Crippen LogP) is 3.20. The molecule has 0 amide bonds. The molecule has 1 aromatic rings. The summed E-state index contributed by atoms with van der Waals surface area (Å²) in [5.74, 6) is -0.152. The van der Waals surface area contributed by atoms with Crippen molar-refractivity contribution in [2.75, 3.05) is 6.66 Å². The summed E-state index contributed by atoms with van der Waals surface area (Å²) in [6, 6.07) is 6.75. The second kappa shape index (κ2) is 3.82. The van der Waals surface area contributed by atoms with Crippen LogP contribution in [0.1, 0.15) is 18.1 Å². The van der Waals surface area contributed by atoms with Gasteiger partial charge in [0.2, 0.25) is 0 Å². The Balaban J connectivity index is 2.81. The minimum atomic E-state index is -0.152. The molecule has 2 atom stereocenters. The zero-order valence-electron chi connectivity index (χ0n) is 6.76. The molecular formula is C9H12FP. The lowest BCUT2D eigenvalue weighted by molar-refractivity contribution is 0.627. The highest BCUT2D eigenvalue weighted by Gasteiger charge is 2.00. The molecule has 0 fully saturated rings. The molecular weight excluding hydrogens is 158 g/mol. The first-order valence-corrected chi connectivity index (χ1v) is 5.24. The van der Waals surface area contributed by atoms with E-state index in [9.17, 15) is 4.39 Å². The van der Waals surface area contributed by atoms with Crippen molar-refractivity contribution >= 4 is 8.58 Å². The van der Waals surface area contributed by atoms with E-state index >= 15 is 0 Å². The first-order chi connectivity index (χ1) is 5.24. The van der Waals surface area contributed by atoms with Crippen LogP contribution in [0.5, 0.6) is 0 Å². The molecule has 0 saturated heterocycles. The SMILES string of the molecule is CPC(C)c1ccc(F)cc1. The molecule has 0 spiro atoms. The summed E-state index contributed by atoms with van der Waals surface area (Å²) in [6.45, 7) is 4.32. The highest BCUT2D eigenvalue weighted by Crippen LogP contribution is 2.30. The van der Waals surface area contributed by atoms with Gasteiger partial charge in [0, 0.05) is 0 Å². The summed E-state index contributed by atoms with van der Waals surface area (Å²) in [5.41, 5.74) is 1.79. The van der Waals surface area contributed by atoms with Crippen molar-refractivity contribution in [3.63, 3.8) is 0 Å². The van der Waals surface area contributed by atoms with E-state index in [-0.39, 0.29) is 5.82 Å². The molecule has 0 aliphatic heterocycles. The zero-order valence-corrected chi connectivity index (χ0v) is 7.76. The van der Waals surface area contributed by atoms with E-state index in [0.29, 0.717) is 5.66 Å². The Morgan fingerprint density at radius 3 is 2.27 bits per heavy atom. The molecule has 0 saturated carbocycles. The summed E-state index contributed by atoms with van der Waals surface area (Å²) in [4.78, 5) is 0. The Labute approximate surface area is 68.6 Å². The van der Waals surface area contributed by atoms with E-state index in [4.69, 9.17) is 0 Å². The number of hydrogen-bond donors (Lipinski definition) is 0. The normalized spacial score (nSPS) is 14.1. The monoisotopic (exact) mass is 170 g/mol. The van der Waals surface area contributed by atoms with Crippen LogP contribution in [-0.2, 0) is 0 Å². The van der Waals surface area contributed by atoms with Crippen LogP contribution in [-0.4, -0.2) is 6.66 Å². The number of benzene rings is 1. The van der Waals surface area contributed by atoms with Gasteiger partial charge in [0.25, 0.3) is 0 Å². The maximum atomic E-state index is 12.5. The maximum Gasteiger partial charge on any atom is 0.123 e. The summed E-state index contributed by atoms with van der Waals surface area (Å²) < 4.78 is 12.5. The van der Waals surface area contributed by atoms with Gasteiger partial charge in [0.05, 0.1) is 0 Å². The van der Waals surface area contributed by atoms with Crippen molar-refractivity contribution in [1.29, 1.82) is 0 Å². The fourth-order valence-electron chi connectivity index (χ4n) is 0.918. The van der Waals surface area contributed by atoms with Crippen molar-refractivity contribution in [3.8, 4) is 0 Å². The van der Waals surface area contributed by atoms with E-state index in [1.165, 1.54) is 17.7 Å². The summed E-state index contributed by atoms with van der Waals surface area (Å²) >= 11 is 0. The van der Waals surface area contributed by atoms with E-state index in [0.717, 1.165) is 8.58 Å². The molecule has 0 aliphatic rings. The first-order valence-electron chi connectivity index (χ1n) is 3.67. The fraction of sp³-hybridized carbons (Fsp3) is 0.333. The second-order valence-corrected chi connectivity index (χ2v) is 4.01. The van der Waals surface area contributed by atoms with Gasteiger partial charge in [-0.1, -0.05) is 19.1 Å². The Hall–Kier alpha value is -0.420. The highest BCUT2D eigenvalue weighted by atomic mass is 31.1. The molecule has 0 nitrogen and oxygen atoms in total. The fourth-order valence-corrected chi connectivity index (χ4v) is 1.44. The van der Waals surface area contributed by atoms with Gasteiger partial charge in [0.15, 0.2) is 0 Å². The van der Waals surface area contributed by atoms with Gasteiger partial charge in [-0.2, -0.15) is 0 Å². The standard InChI is InChI=1S/C9H12FP/c1-7(11-2)8-3-5-9(10)6-4-8/h3-7,11H,1-2H3. The molecule has 0 radical (unpaired) electrons. The minimum Gasteiger partial charge on any atom is -0.207 e. The number of rotatable bonds is 2. The summed E-state index contributed by atoms with van der Waals surface area (Å²) in [6.07, 6.45) is 0. The van der Waals surface area contributed by atoms with Gasteiger partial charge < -0.3 is 0 Å². The molecule has 1 aromatic carbocycles. The Bertz CT molecular complexity index is 218. The van der Waals surface area contributed by atoms with Crippen LogP contribution >= 0.6 is 8.58 Å². The van der Waals surface area contributed by atoms with E-state index < -0.39 is 0 Å². The van der Waals surface area contributed by atoms with E-state index in [2.05, 4.69) is 13.6 Å². The zero-order chi connectivity index (χ0) is 8.27. The predicted molar refractivity (Wildman–Crippen MR) is 49.1 cm³/mol. The Morgan fingerprint density at radius 2 is 1.82 bits per heavy atom. The van der Waals surface area contributed by atoms with Crippen molar-refractivity contribution in [2.45, 2.75) is 12.6 Å². The second-order valence-electron chi connectivity index (χ2n) is 2.56. The van der Waals surface area contributed by atoms with Crippen molar-refractivity contribution < 1.29 is 4.39 Å². The smallest absolute Gasteiger partial charge is 0.123 e. The molecule has 0 aliphatic carbocycles. The molecule has 60 valence electrons. The maximum absolute atomic E-state index is 12.5. The van der Waals surface area contributed by atoms with Gasteiger partial charge in [0.1, 0.15) is 5.82 Å². The van der Waals surface area contributed by atoms with Gasteiger partial charge in [-0.15, -0.1) is 8.58 Å². The van der Waals surface area contributed by atoms with Crippen LogP contribution in [0, 0.1) is 5.82 Å². The third-order valence-electron chi connectivity index (χ3n) is 1.80. The van der Waals surface area contributed by atoms with E-state index in [1.807, 2.05) is 12.1 Å². The number of hydrogen-bond acceptors (Lipinski definition) is 0. The molecule has 2 unspecified atom stereocenters. The van der Waals surface area contributed by atoms with Crippen LogP contribution in [0.25, 0.3) is 0 Å². The quantitative estimate of drug-likeness (QED) is 0.598. The number of halogens is 1. The summed E-state index contributed by atoms with van der Waals surface area (Å²) in [7, 11) is 0.883. The Kier molecular flexibility index (Phi) is 3.02. The molecule has 11 heavy (non-hydrogen) atoms. The topological polar surface area (TPSA) is 0 Å². The average molecular weight is 170 g/mol. The van der Waals surface area contributed by atoms with Crippen molar-refractivity contribution in [2.24, 2.45) is 0 Å². The third kappa shape index (κ3) is 2.27. The molecule has 2 heteroatoms. The van der Waals surface area contributed by atoms with Crippen molar-refractivity contribution in [3.05, 3.63) is 35.6 Å². The van der Waals surface area contributed by atoms with E-state index in [1.54, 1.807) is 0 Å². The first kappa shape index (κ1) is 8.67. The molecule has 0 heterocycles. The van der Waals surface area contributed by atoms with Gasteiger partial charge >= 0.3 is 0 Å². The highest BCUT2D eigenvalue weighted by molar-refractivity contribution is 7.37. The van der Waals surface area contributed by atoms with Gasteiger partial charge in [-0.3, -0.25) is 0 Å². The molecule has 1 rings (SSSR count). The minimum absolute atomic E-state index is 0.152. The van der Waals surface area contributed by atoms with Crippen LogP contribution in [0.15, 0.2) is 24.3 Å². The van der Waals surface area contributed by atoms with Crippen LogP contribution in [0.2, 0.25) is 0 Å². The van der Waals surface area contributed by atoms with Crippen LogP contribution in [0.3, 0.4) is 0 Å². The average Bonchev–Trinajstić information content (AvgIpc) is 2.05. The largest absolute Gasteiger partial charge is 0.207 e.